The zero-order valence-corrected chi connectivity index (χ0v) is 23.8. The Morgan fingerprint density at radius 1 is 0.846 bits per heavy atom. The Bertz CT molecular complexity index is 1270. The smallest absolute Gasteiger partial charge is 0.345 e. The van der Waals surface area contributed by atoms with E-state index in [9.17, 15) is 9.59 Å². The fraction of sp³-hybridized carbons (Fsp3) is 0.412. The van der Waals surface area contributed by atoms with Crippen molar-refractivity contribution >= 4 is 11.9 Å². The number of carbonyl (C=O) groups excluding carboxylic acids is 2. The van der Waals surface area contributed by atoms with Gasteiger partial charge >= 0.3 is 11.9 Å². The van der Waals surface area contributed by atoms with E-state index in [0.717, 1.165) is 36.8 Å². The normalized spacial score (nSPS) is 16.1. The second-order valence-corrected chi connectivity index (χ2v) is 11.7. The SMILES string of the molecule is CCCCO[C@H](C(=O)Oc1ccc(C(=O)OCc2ccccc2)cc1)c1ccc2c(c1)C(C)(C)CCC2(C)C. The molecule has 0 heterocycles. The number of rotatable bonds is 10. The number of hydrogen-bond donors (Lipinski definition) is 0. The van der Waals surface area contributed by atoms with Gasteiger partial charge in [0.1, 0.15) is 12.4 Å². The zero-order valence-electron chi connectivity index (χ0n) is 23.8. The maximum Gasteiger partial charge on any atom is 0.345 e. The van der Waals surface area contributed by atoms with Crippen LogP contribution in [0.3, 0.4) is 0 Å². The third-order valence-electron chi connectivity index (χ3n) is 7.70. The summed E-state index contributed by atoms with van der Waals surface area (Å²) < 4.78 is 17.2. The Balaban J connectivity index is 1.49. The van der Waals surface area contributed by atoms with Gasteiger partial charge in [-0.2, -0.15) is 0 Å². The molecule has 0 fully saturated rings. The third kappa shape index (κ3) is 6.96. The highest BCUT2D eigenvalue weighted by molar-refractivity contribution is 5.89. The summed E-state index contributed by atoms with van der Waals surface area (Å²) in [7, 11) is 0. The fourth-order valence-corrected chi connectivity index (χ4v) is 5.05. The van der Waals surface area contributed by atoms with Gasteiger partial charge in [-0.1, -0.05) is 89.6 Å². The molecule has 0 aliphatic heterocycles. The highest BCUT2D eigenvalue weighted by Gasteiger charge is 2.38. The van der Waals surface area contributed by atoms with Crippen molar-refractivity contribution in [3.8, 4) is 5.75 Å². The van der Waals surface area contributed by atoms with Gasteiger partial charge < -0.3 is 14.2 Å². The van der Waals surface area contributed by atoms with Crippen LogP contribution in [0.2, 0.25) is 0 Å². The number of hydrogen-bond acceptors (Lipinski definition) is 5. The van der Waals surface area contributed by atoms with Crippen LogP contribution in [0.25, 0.3) is 0 Å². The highest BCUT2D eigenvalue weighted by Crippen LogP contribution is 2.46. The number of benzene rings is 3. The van der Waals surface area contributed by atoms with Gasteiger partial charge in [-0.05, 0) is 76.6 Å². The molecule has 0 saturated carbocycles. The average Bonchev–Trinajstić information content (AvgIpc) is 2.93. The first kappa shape index (κ1) is 28.6. The van der Waals surface area contributed by atoms with Crippen molar-refractivity contribution in [3.05, 3.63) is 101 Å². The van der Waals surface area contributed by atoms with Gasteiger partial charge in [0.15, 0.2) is 6.10 Å². The van der Waals surface area contributed by atoms with E-state index in [1.54, 1.807) is 24.3 Å². The molecule has 206 valence electrons. The Labute approximate surface area is 232 Å². The number of ether oxygens (including phenoxy) is 3. The minimum Gasteiger partial charge on any atom is -0.457 e. The zero-order chi connectivity index (χ0) is 28.0. The van der Waals surface area contributed by atoms with Crippen molar-refractivity contribution in [1.29, 1.82) is 0 Å². The number of carbonyl (C=O) groups is 2. The number of fused-ring (bicyclic) bond motifs is 1. The fourth-order valence-electron chi connectivity index (χ4n) is 5.05. The number of unbranched alkanes of at least 4 members (excludes halogenated alkanes) is 1. The van der Waals surface area contributed by atoms with Crippen molar-refractivity contribution in [3.63, 3.8) is 0 Å². The van der Waals surface area contributed by atoms with E-state index in [4.69, 9.17) is 14.2 Å². The van der Waals surface area contributed by atoms with Crippen LogP contribution in [0, 0.1) is 0 Å². The molecule has 0 spiro atoms. The van der Waals surface area contributed by atoms with Crippen molar-refractivity contribution in [2.45, 2.75) is 83.8 Å². The first-order chi connectivity index (χ1) is 18.6. The molecule has 3 aromatic carbocycles. The summed E-state index contributed by atoms with van der Waals surface area (Å²) in [6, 6.07) is 22.2. The van der Waals surface area contributed by atoms with E-state index in [0.29, 0.717) is 17.9 Å². The van der Waals surface area contributed by atoms with Crippen molar-refractivity contribution < 1.29 is 23.8 Å². The second kappa shape index (κ2) is 12.2. The Hall–Kier alpha value is -3.44. The molecule has 0 N–H and O–H groups in total. The van der Waals surface area contributed by atoms with Gasteiger partial charge in [-0.25, -0.2) is 9.59 Å². The van der Waals surface area contributed by atoms with Crippen molar-refractivity contribution in [1.82, 2.24) is 0 Å². The average molecular weight is 529 g/mol. The summed E-state index contributed by atoms with van der Waals surface area (Å²) in [6.45, 7) is 11.9. The molecule has 0 bridgehead atoms. The Morgan fingerprint density at radius 3 is 2.18 bits per heavy atom. The van der Waals surface area contributed by atoms with Crippen LogP contribution in [0.4, 0.5) is 0 Å². The molecule has 5 heteroatoms. The Kier molecular flexibility index (Phi) is 8.91. The van der Waals surface area contributed by atoms with E-state index in [1.165, 1.54) is 11.1 Å². The van der Waals surface area contributed by atoms with Gasteiger partial charge in [-0.15, -0.1) is 0 Å². The van der Waals surface area contributed by atoms with Gasteiger partial charge in [0.05, 0.1) is 5.56 Å². The summed E-state index contributed by atoms with van der Waals surface area (Å²) in [4.78, 5) is 25.9. The molecule has 1 atom stereocenters. The molecule has 0 radical (unpaired) electrons. The molecule has 1 aliphatic rings. The third-order valence-corrected chi connectivity index (χ3v) is 7.70. The van der Waals surface area contributed by atoms with Crippen LogP contribution >= 0.6 is 0 Å². The quantitative estimate of drug-likeness (QED) is 0.152. The van der Waals surface area contributed by atoms with Gasteiger partial charge in [-0.3, -0.25) is 0 Å². The van der Waals surface area contributed by atoms with Crippen LogP contribution in [-0.4, -0.2) is 18.5 Å². The molecule has 0 aromatic heterocycles. The lowest BCUT2D eigenvalue weighted by Gasteiger charge is -2.42. The molecule has 39 heavy (non-hydrogen) atoms. The summed E-state index contributed by atoms with van der Waals surface area (Å²) in [5.74, 6) is -0.557. The summed E-state index contributed by atoms with van der Waals surface area (Å²) >= 11 is 0. The van der Waals surface area contributed by atoms with E-state index in [2.05, 4.69) is 46.8 Å². The van der Waals surface area contributed by atoms with E-state index in [1.807, 2.05) is 36.4 Å². The van der Waals surface area contributed by atoms with Crippen LogP contribution in [0.1, 0.15) is 99.0 Å². The van der Waals surface area contributed by atoms with Crippen molar-refractivity contribution in [2.24, 2.45) is 0 Å². The number of esters is 2. The second-order valence-electron chi connectivity index (χ2n) is 11.7. The molecule has 5 nitrogen and oxygen atoms in total. The van der Waals surface area contributed by atoms with Gasteiger partial charge in [0.25, 0.3) is 0 Å². The minimum absolute atomic E-state index is 0.0175. The lowest BCUT2D eigenvalue weighted by Crippen LogP contribution is -2.34. The lowest BCUT2D eigenvalue weighted by molar-refractivity contribution is -0.148. The molecule has 1 aliphatic carbocycles. The minimum atomic E-state index is -0.835. The van der Waals surface area contributed by atoms with Crippen LogP contribution in [0.5, 0.6) is 5.75 Å². The molecular weight excluding hydrogens is 488 g/mol. The Morgan fingerprint density at radius 2 is 1.51 bits per heavy atom. The predicted molar refractivity (Wildman–Crippen MR) is 153 cm³/mol. The maximum atomic E-state index is 13.4. The molecule has 3 aromatic rings. The monoisotopic (exact) mass is 528 g/mol. The first-order valence-corrected chi connectivity index (χ1v) is 13.9. The molecular formula is C34H40O5. The van der Waals surface area contributed by atoms with Crippen LogP contribution in [0.15, 0.2) is 72.8 Å². The maximum absolute atomic E-state index is 13.4. The molecule has 0 amide bonds. The summed E-state index contributed by atoms with van der Waals surface area (Å²) in [5.41, 5.74) is 4.82. The van der Waals surface area contributed by atoms with Crippen LogP contribution < -0.4 is 4.74 Å². The predicted octanol–water partition coefficient (Wildman–Crippen LogP) is 7.86. The highest BCUT2D eigenvalue weighted by atomic mass is 16.6. The van der Waals surface area contributed by atoms with Crippen LogP contribution in [-0.2, 0) is 31.7 Å². The van der Waals surface area contributed by atoms with E-state index in [-0.39, 0.29) is 17.4 Å². The van der Waals surface area contributed by atoms with Gasteiger partial charge in [0.2, 0.25) is 0 Å². The lowest BCUT2D eigenvalue weighted by atomic mass is 9.63. The molecule has 0 unspecified atom stereocenters. The summed E-state index contributed by atoms with van der Waals surface area (Å²) in [6.07, 6.45) is 3.20. The van der Waals surface area contributed by atoms with Crippen molar-refractivity contribution in [2.75, 3.05) is 6.61 Å². The van der Waals surface area contributed by atoms with E-state index < -0.39 is 18.0 Å². The topological polar surface area (TPSA) is 61.8 Å². The summed E-state index contributed by atoms with van der Waals surface area (Å²) in [5, 5.41) is 0. The first-order valence-electron chi connectivity index (χ1n) is 13.9. The van der Waals surface area contributed by atoms with E-state index >= 15 is 0 Å². The van der Waals surface area contributed by atoms with Gasteiger partial charge in [0, 0.05) is 6.61 Å². The largest absolute Gasteiger partial charge is 0.457 e. The standard InChI is InChI=1S/C34H40O5/c1-6-7-21-37-30(26-15-18-28-29(22-26)34(4,5)20-19-33(28,2)3)32(36)39-27-16-13-25(14-17-27)31(35)38-23-24-11-9-8-10-12-24/h8-18,22,30H,6-7,19-21,23H2,1-5H3/t30-/m0/s1. The molecule has 4 rings (SSSR count). The molecule has 0 saturated heterocycles.